The van der Waals surface area contributed by atoms with E-state index in [4.69, 9.17) is 0 Å². The maximum atomic E-state index is 9.64. The molecular weight excluding hydrogens is 124 g/mol. The SMILES string of the molecule is CN/N=C(/OC)OC=O. The van der Waals surface area contributed by atoms with Crippen LogP contribution < -0.4 is 5.43 Å². The predicted molar refractivity (Wildman–Crippen MR) is 30.7 cm³/mol. The first kappa shape index (κ1) is 7.74. The summed E-state index contributed by atoms with van der Waals surface area (Å²) in [5, 5.41) is 3.42. The highest BCUT2D eigenvalue weighted by molar-refractivity contribution is 5.73. The molecule has 9 heavy (non-hydrogen) atoms. The molecule has 0 aromatic heterocycles. The van der Waals surface area contributed by atoms with Crippen LogP contribution in [0.5, 0.6) is 0 Å². The monoisotopic (exact) mass is 132 g/mol. The third-order valence-electron chi connectivity index (χ3n) is 0.527. The minimum absolute atomic E-state index is 0.104. The van der Waals surface area contributed by atoms with Gasteiger partial charge in [0.15, 0.2) is 0 Å². The second-order valence-corrected chi connectivity index (χ2v) is 1.02. The first-order chi connectivity index (χ1) is 4.35. The van der Waals surface area contributed by atoms with Crippen molar-refractivity contribution in [2.75, 3.05) is 14.2 Å². The molecule has 0 saturated carbocycles. The van der Waals surface area contributed by atoms with E-state index in [1.54, 1.807) is 7.05 Å². The van der Waals surface area contributed by atoms with E-state index in [1.165, 1.54) is 7.11 Å². The van der Waals surface area contributed by atoms with Crippen molar-refractivity contribution >= 4 is 12.6 Å². The average molecular weight is 132 g/mol. The fourth-order valence-corrected chi connectivity index (χ4v) is 0.253. The van der Waals surface area contributed by atoms with Crippen LogP contribution in [0.3, 0.4) is 0 Å². The Balaban J connectivity index is 3.65. The van der Waals surface area contributed by atoms with Gasteiger partial charge in [-0.2, -0.15) is 0 Å². The highest BCUT2D eigenvalue weighted by Gasteiger charge is 1.93. The van der Waals surface area contributed by atoms with Crippen LogP contribution in [0.25, 0.3) is 0 Å². The van der Waals surface area contributed by atoms with Crippen LogP contribution in [0.1, 0.15) is 0 Å². The number of hydrazone groups is 1. The first-order valence-corrected chi connectivity index (χ1v) is 2.24. The van der Waals surface area contributed by atoms with Crippen molar-refractivity contribution < 1.29 is 14.3 Å². The normalized spacial score (nSPS) is 10.2. The van der Waals surface area contributed by atoms with Gasteiger partial charge in [0, 0.05) is 7.05 Å². The van der Waals surface area contributed by atoms with Gasteiger partial charge in [-0.3, -0.25) is 4.79 Å². The molecule has 0 aromatic carbocycles. The molecule has 0 amide bonds. The summed E-state index contributed by atoms with van der Waals surface area (Å²) in [6.45, 7) is 0.236. The Morgan fingerprint density at radius 3 is 2.78 bits per heavy atom. The van der Waals surface area contributed by atoms with Gasteiger partial charge < -0.3 is 14.9 Å². The third kappa shape index (κ3) is 3.33. The summed E-state index contributed by atoms with van der Waals surface area (Å²) in [6.07, 6.45) is -0.104. The summed E-state index contributed by atoms with van der Waals surface area (Å²) >= 11 is 0. The number of hydrogen-bond acceptors (Lipinski definition) is 5. The lowest BCUT2D eigenvalue weighted by molar-refractivity contribution is -0.123. The van der Waals surface area contributed by atoms with Crippen molar-refractivity contribution in [1.29, 1.82) is 0 Å². The molecule has 52 valence electrons. The quantitative estimate of drug-likeness (QED) is 0.233. The van der Waals surface area contributed by atoms with E-state index >= 15 is 0 Å². The molecule has 0 rings (SSSR count). The molecule has 0 spiro atoms. The van der Waals surface area contributed by atoms with E-state index in [0.29, 0.717) is 0 Å². The van der Waals surface area contributed by atoms with E-state index in [-0.39, 0.29) is 12.6 Å². The number of ether oxygens (including phenoxy) is 2. The summed E-state index contributed by atoms with van der Waals surface area (Å²) in [5.74, 6) is 0. The zero-order valence-electron chi connectivity index (χ0n) is 5.25. The molecule has 0 saturated heterocycles. The van der Waals surface area contributed by atoms with Gasteiger partial charge in [0.2, 0.25) is 0 Å². The Hall–Kier alpha value is -1.26. The Labute approximate surface area is 52.6 Å². The van der Waals surface area contributed by atoms with Gasteiger partial charge in [0.25, 0.3) is 0 Å². The molecule has 0 aromatic rings. The van der Waals surface area contributed by atoms with Gasteiger partial charge in [-0.15, -0.1) is 5.10 Å². The van der Waals surface area contributed by atoms with Crippen molar-refractivity contribution in [3.63, 3.8) is 0 Å². The Bertz CT molecular complexity index is 112. The molecule has 0 unspecified atom stereocenters. The highest BCUT2D eigenvalue weighted by atomic mass is 16.7. The Morgan fingerprint density at radius 2 is 2.44 bits per heavy atom. The molecule has 0 bridgehead atoms. The summed E-state index contributed by atoms with van der Waals surface area (Å²) in [4.78, 5) is 9.64. The molecule has 5 heteroatoms. The lowest BCUT2D eigenvalue weighted by Crippen LogP contribution is -2.10. The molecule has 0 atom stereocenters. The lowest BCUT2D eigenvalue weighted by atomic mass is 11.2. The van der Waals surface area contributed by atoms with E-state index in [0.717, 1.165) is 0 Å². The van der Waals surface area contributed by atoms with Gasteiger partial charge in [0.1, 0.15) is 0 Å². The standard InChI is InChI=1S/C4H8N2O3/c1-5-6-4(8-2)9-3-7/h3,5H,1-2H3/b6-4-. The average Bonchev–Trinajstić information content (AvgIpc) is 1.88. The molecule has 0 fully saturated rings. The highest BCUT2D eigenvalue weighted by Crippen LogP contribution is 1.76. The van der Waals surface area contributed by atoms with Crippen LogP contribution in [0.15, 0.2) is 5.10 Å². The number of nitrogens with one attached hydrogen (secondary N) is 1. The number of carbonyl (C=O) groups is 1. The van der Waals surface area contributed by atoms with E-state index < -0.39 is 0 Å². The molecule has 0 heterocycles. The largest absolute Gasteiger partial charge is 0.452 e. The number of hydrogen-bond donors (Lipinski definition) is 1. The van der Waals surface area contributed by atoms with E-state index in [1.807, 2.05) is 0 Å². The molecule has 0 aliphatic rings. The number of carbonyl (C=O) groups excluding carboxylic acids is 1. The van der Waals surface area contributed by atoms with Crippen LogP contribution in [0.4, 0.5) is 0 Å². The van der Waals surface area contributed by atoms with E-state index in [2.05, 4.69) is 20.0 Å². The second kappa shape index (κ2) is 4.89. The lowest BCUT2D eigenvalue weighted by Gasteiger charge is -1.97. The maximum absolute atomic E-state index is 9.64. The summed E-state index contributed by atoms with van der Waals surface area (Å²) < 4.78 is 8.68. The second-order valence-electron chi connectivity index (χ2n) is 1.02. The minimum atomic E-state index is -0.104. The summed E-state index contributed by atoms with van der Waals surface area (Å²) in [5.41, 5.74) is 2.38. The van der Waals surface area contributed by atoms with Crippen LogP contribution in [-0.4, -0.2) is 26.7 Å². The fourth-order valence-electron chi connectivity index (χ4n) is 0.253. The molecule has 0 radical (unpaired) electrons. The fraction of sp³-hybridized carbons (Fsp3) is 0.500. The first-order valence-electron chi connectivity index (χ1n) is 2.24. The molecule has 5 nitrogen and oxygen atoms in total. The van der Waals surface area contributed by atoms with Gasteiger partial charge >= 0.3 is 12.6 Å². The smallest absolute Gasteiger partial charge is 0.412 e. The minimum Gasteiger partial charge on any atom is -0.452 e. The van der Waals surface area contributed by atoms with Crippen molar-refractivity contribution in [2.45, 2.75) is 0 Å². The number of nitrogens with zero attached hydrogens (tertiary/aromatic N) is 1. The van der Waals surface area contributed by atoms with Crippen molar-refractivity contribution in [3.8, 4) is 0 Å². The molecule has 0 aliphatic heterocycles. The van der Waals surface area contributed by atoms with Crippen LogP contribution in [-0.2, 0) is 14.3 Å². The Morgan fingerprint density at radius 1 is 1.78 bits per heavy atom. The summed E-state index contributed by atoms with van der Waals surface area (Å²) in [6, 6.07) is 0. The Kier molecular flexibility index (Phi) is 4.20. The van der Waals surface area contributed by atoms with Gasteiger partial charge in [-0.1, -0.05) is 0 Å². The third-order valence-corrected chi connectivity index (χ3v) is 0.527. The van der Waals surface area contributed by atoms with E-state index in [9.17, 15) is 4.79 Å². The van der Waals surface area contributed by atoms with Crippen LogP contribution in [0, 0.1) is 0 Å². The maximum Gasteiger partial charge on any atom is 0.412 e. The molecule has 0 aliphatic carbocycles. The topological polar surface area (TPSA) is 59.9 Å². The van der Waals surface area contributed by atoms with Crippen LogP contribution in [0.2, 0.25) is 0 Å². The van der Waals surface area contributed by atoms with Gasteiger partial charge in [-0.25, -0.2) is 0 Å². The van der Waals surface area contributed by atoms with Crippen molar-refractivity contribution in [3.05, 3.63) is 0 Å². The number of rotatable bonds is 2. The molecule has 1 N–H and O–H groups in total. The zero-order valence-corrected chi connectivity index (χ0v) is 5.25. The predicted octanol–water partition coefficient (Wildman–Crippen LogP) is -0.704. The van der Waals surface area contributed by atoms with Gasteiger partial charge in [-0.05, 0) is 0 Å². The number of methoxy groups -OCH3 is 1. The zero-order chi connectivity index (χ0) is 7.11. The molecular formula is C4H8N2O3. The van der Waals surface area contributed by atoms with Crippen molar-refractivity contribution in [2.24, 2.45) is 5.10 Å². The summed E-state index contributed by atoms with van der Waals surface area (Å²) in [7, 11) is 2.91. The van der Waals surface area contributed by atoms with Crippen LogP contribution >= 0.6 is 0 Å². The van der Waals surface area contributed by atoms with Crippen molar-refractivity contribution in [1.82, 2.24) is 5.43 Å². The van der Waals surface area contributed by atoms with Gasteiger partial charge in [0.05, 0.1) is 7.11 Å².